The van der Waals surface area contributed by atoms with Gasteiger partial charge in [0.25, 0.3) is 0 Å². The molecule has 0 spiro atoms. The van der Waals surface area contributed by atoms with E-state index in [9.17, 15) is 9.00 Å². The topological polar surface area (TPSA) is 129 Å². The van der Waals surface area contributed by atoms with Crippen molar-refractivity contribution in [3.05, 3.63) is 42.7 Å². The van der Waals surface area contributed by atoms with Gasteiger partial charge in [0.1, 0.15) is 6.33 Å². The largest absolute Gasteiger partial charge is 0.493 e. The molecule has 2 aromatic carbocycles. The third-order valence-corrected chi connectivity index (χ3v) is 5.61. The minimum absolute atomic E-state index is 0.276. The molecule has 9 nitrogen and oxygen atoms in total. The summed E-state index contributed by atoms with van der Waals surface area (Å²) in [5.74, 6) is 1.29. The van der Waals surface area contributed by atoms with E-state index >= 15 is 0 Å². The fraction of sp³-hybridized carbons (Fsp3) is 0.167. The number of rotatable bonds is 5. The van der Waals surface area contributed by atoms with Crippen molar-refractivity contribution in [3.63, 3.8) is 0 Å². The summed E-state index contributed by atoms with van der Waals surface area (Å²) in [5.41, 5.74) is 6.17. The number of primary amides is 1. The van der Waals surface area contributed by atoms with Crippen molar-refractivity contribution in [1.29, 1.82) is 0 Å². The first-order chi connectivity index (χ1) is 13.3. The van der Waals surface area contributed by atoms with Crippen LogP contribution in [0.1, 0.15) is 0 Å². The van der Waals surface area contributed by atoms with E-state index in [1.807, 2.05) is 0 Å². The van der Waals surface area contributed by atoms with Gasteiger partial charge in [-0.25, -0.2) is 19.0 Å². The van der Waals surface area contributed by atoms with E-state index in [0.717, 1.165) is 0 Å². The van der Waals surface area contributed by atoms with Gasteiger partial charge < -0.3 is 20.5 Å². The Morgan fingerprint density at radius 2 is 1.75 bits per heavy atom. The first-order valence-corrected chi connectivity index (χ1v) is 10.0. The fourth-order valence-corrected chi connectivity index (χ4v) is 3.81. The van der Waals surface area contributed by atoms with Crippen LogP contribution >= 0.6 is 0 Å². The van der Waals surface area contributed by atoms with Gasteiger partial charge in [0, 0.05) is 28.3 Å². The van der Waals surface area contributed by atoms with Gasteiger partial charge in [-0.3, -0.25) is 0 Å². The number of aromatic nitrogens is 2. The number of nitrogens with one attached hydrogen (secondary N) is 1. The van der Waals surface area contributed by atoms with Crippen LogP contribution in [-0.2, 0) is 9.73 Å². The summed E-state index contributed by atoms with van der Waals surface area (Å²) < 4.78 is 28.2. The predicted molar refractivity (Wildman–Crippen MR) is 107 cm³/mol. The van der Waals surface area contributed by atoms with Crippen LogP contribution in [-0.4, -0.2) is 40.7 Å². The summed E-state index contributed by atoms with van der Waals surface area (Å²) in [6, 6.07) is 9.16. The van der Waals surface area contributed by atoms with Crippen molar-refractivity contribution in [2.75, 3.05) is 25.8 Å². The van der Waals surface area contributed by atoms with Crippen molar-refractivity contribution in [2.45, 2.75) is 4.90 Å². The molecule has 0 saturated heterocycles. The molecule has 0 saturated carbocycles. The molecule has 3 N–H and O–H groups in total. The molecule has 0 aliphatic rings. The smallest absolute Gasteiger partial charge is 0.316 e. The number of fused-ring (bicyclic) bond motifs is 1. The third kappa shape index (κ3) is 3.96. The molecule has 0 aliphatic heterocycles. The molecule has 1 aromatic heterocycles. The summed E-state index contributed by atoms with van der Waals surface area (Å²) in [5, 5.41) is 3.03. The number of anilines is 1. The maximum absolute atomic E-state index is 13.2. The van der Waals surface area contributed by atoms with Gasteiger partial charge in [-0.2, -0.15) is 4.36 Å². The average Bonchev–Trinajstić information content (AvgIpc) is 2.67. The number of urea groups is 1. The first-order valence-electron chi connectivity index (χ1n) is 8.09. The summed E-state index contributed by atoms with van der Waals surface area (Å²) in [6.45, 7) is 0. The molecular weight excluding hydrogens is 382 g/mol. The van der Waals surface area contributed by atoms with Crippen LogP contribution in [0.4, 0.5) is 16.3 Å². The Hall–Kier alpha value is -3.40. The van der Waals surface area contributed by atoms with Gasteiger partial charge in [-0.15, -0.1) is 0 Å². The molecule has 2 amide bonds. The minimum Gasteiger partial charge on any atom is -0.493 e. The molecule has 0 bridgehead atoms. The second kappa shape index (κ2) is 7.69. The number of carbonyl (C=O) groups is 1. The summed E-state index contributed by atoms with van der Waals surface area (Å²) in [4.78, 5) is 19.8. The van der Waals surface area contributed by atoms with Gasteiger partial charge in [-0.1, -0.05) is 0 Å². The lowest BCUT2D eigenvalue weighted by Crippen LogP contribution is -2.19. The Morgan fingerprint density at radius 1 is 1.11 bits per heavy atom. The molecule has 1 unspecified atom stereocenters. The lowest BCUT2D eigenvalue weighted by Gasteiger charge is -2.10. The van der Waals surface area contributed by atoms with Crippen LogP contribution < -0.4 is 20.5 Å². The number of hydrogen-bond donors (Lipinski definition) is 2. The highest BCUT2D eigenvalue weighted by Crippen LogP contribution is 2.35. The van der Waals surface area contributed by atoms with E-state index in [1.54, 1.807) is 36.4 Å². The molecule has 3 aromatic rings. The van der Waals surface area contributed by atoms with E-state index < -0.39 is 15.8 Å². The van der Waals surface area contributed by atoms with Crippen molar-refractivity contribution >= 4 is 38.2 Å². The number of hydrogen-bond acceptors (Lipinski definition) is 7. The number of ether oxygens (including phenoxy) is 2. The maximum atomic E-state index is 13.2. The first kappa shape index (κ1) is 19.4. The predicted octanol–water partition coefficient (Wildman–Crippen LogP) is 2.93. The quantitative estimate of drug-likeness (QED) is 0.676. The van der Waals surface area contributed by atoms with Crippen LogP contribution in [0.3, 0.4) is 0 Å². The second-order valence-corrected chi connectivity index (χ2v) is 8.09. The van der Waals surface area contributed by atoms with E-state index in [2.05, 4.69) is 19.6 Å². The summed E-state index contributed by atoms with van der Waals surface area (Å²) in [6.07, 6.45) is 2.86. The van der Waals surface area contributed by atoms with Crippen LogP contribution in [0.25, 0.3) is 10.9 Å². The molecule has 1 heterocycles. The number of nitrogens with zero attached hydrogens (tertiary/aromatic N) is 3. The van der Waals surface area contributed by atoms with Gasteiger partial charge in [0.15, 0.2) is 17.3 Å². The number of nitrogens with two attached hydrogens (primary N) is 1. The molecule has 0 fully saturated rings. The van der Waals surface area contributed by atoms with Gasteiger partial charge >= 0.3 is 6.03 Å². The van der Waals surface area contributed by atoms with Crippen molar-refractivity contribution in [1.82, 2.24) is 9.97 Å². The second-order valence-electron chi connectivity index (χ2n) is 5.83. The molecule has 0 aliphatic carbocycles. The lowest BCUT2D eigenvalue weighted by atomic mass is 10.2. The van der Waals surface area contributed by atoms with Crippen LogP contribution in [0.2, 0.25) is 0 Å². The van der Waals surface area contributed by atoms with E-state index in [0.29, 0.717) is 33.0 Å². The average molecular weight is 401 g/mol. The zero-order valence-corrected chi connectivity index (χ0v) is 16.3. The summed E-state index contributed by atoms with van der Waals surface area (Å²) >= 11 is 0. The lowest BCUT2D eigenvalue weighted by molar-refractivity contribution is 0.259. The standard InChI is InChI=1S/C18H19N5O4S/c1-26-15-8-13-14(9-16(15)27-2)20-10-21-17(13)23-28(3,25)12-6-4-11(5-7-12)22-18(19)24/h4-10H,1-3H3,(H3,19,22,24). The Labute approximate surface area is 162 Å². The third-order valence-electron chi connectivity index (χ3n) is 3.94. The van der Waals surface area contributed by atoms with E-state index in [1.165, 1.54) is 26.8 Å². The molecule has 1 atom stereocenters. The van der Waals surface area contributed by atoms with Gasteiger partial charge in [-0.05, 0) is 30.3 Å². The zero-order chi connectivity index (χ0) is 20.3. The van der Waals surface area contributed by atoms with Gasteiger partial charge in [0.05, 0.1) is 29.5 Å². The molecule has 3 rings (SSSR count). The van der Waals surface area contributed by atoms with Crippen molar-refractivity contribution in [3.8, 4) is 11.5 Å². The summed E-state index contributed by atoms with van der Waals surface area (Å²) in [7, 11) is 0.240. The highest BCUT2D eigenvalue weighted by atomic mass is 32.2. The Bertz CT molecular complexity index is 1150. The van der Waals surface area contributed by atoms with E-state index in [4.69, 9.17) is 15.2 Å². The van der Waals surface area contributed by atoms with Crippen LogP contribution in [0, 0.1) is 0 Å². The van der Waals surface area contributed by atoms with Crippen molar-refractivity contribution in [2.24, 2.45) is 10.1 Å². The Balaban J connectivity index is 2.09. The van der Waals surface area contributed by atoms with E-state index in [-0.39, 0.29) is 5.82 Å². The number of carbonyl (C=O) groups excluding carboxylic acids is 1. The highest BCUT2D eigenvalue weighted by Gasteiger charge is 2.13. The molecule has 28 heavy (non-hydrogen) atoms. The zero-order valence-electron chi connectivity index (χ0n) is 15.5. The van der Waals surface area contributed by atoms with Crippen LogP contribution in [0.5, 0.6) is 11.5 Å². The monoisotopic (exact) mass is 401 g/mol. The minimum atomic E-state index is -2.82. The fourth-order valence-electron chi connectivity index (χ4n) is 2.59. The number of methoxy groups -OCH3 is 2. The Kier molecular flexibility index (Phi) is 5.32. The Morgan fingerprint density at radius 3 is 2.36 bits per heavy atom. The maximum Gasteiger partial charge on any atom is 0.316 e. The normalized spacial score (nSPS) is 12.8. The highest BCUT2D eigenvalue weighted by molar-refractivity contribution is 7.93. The van der Waals surface area contributed by atoms with Crippen molar-refractivity contribution < 1.29 is 18.5 Å². The molecule has 0 radical (unpaired) electrons. The number of amides is 2. The number of benzene rings is 2. The van der Waals surface area contributed by atoms with Crippen LogP contribution in [0.15, 0.2) is 52.0 Å². The molecule has 146 valence electrons. The van der Waals surface area contributed by atoms with Gasteiger partial charge in [0.2, 0.25) is 0 Å². The molecular formula is C18H19N5O4S. The SMILES string of the molecule is COc1cc2ncnc(N=S(C)(=O)c3ccc(NC(N)=O)cc3)c2cc1OC. The molecule has 10 heteroatoms.